The summed E-state index contributed by atoms with van der Waals surface area (Å²) >= 11 is 0. The van der Waals surface area contributed by atoms with Crippen LogP contribution in [-0.4, -0.2) is 22.4 Å². The van der Waals surface area contributed by atoms with E-state index in [1.165, 1.54) is 12.1 Å². The molecule has 0 fully saturated rings. The van der Waals surface area contributed by atoms with Crippen LogP contribution in [0.1, 0.15) is 32.4 Å². The van der Waals surface area contributed by atoms with Gasteiger partial charge >= 0.3 is 0 Å². The van der Waals surface area contributed by atoms with Gasteiger partial charge in [0.05, 0.1) is 5.69 Å². The molecule has 2 aromatic rings. The summed E-state index contributed by atoms with van der Waals surface area (Å²) < 4.78 is 2.04. The Kier molecular flexibility index (Phi) is 5.16. The summed E-state index contributed by atoms with van der Waals surface area (Å²) in [5.41, 5.74) is 2.42. The molecule has 1 N–H and O–H groups in total. The summed E-state index contributed by atoms with van der Waals surface area (Å²) in [5.74, 6) is 0. The van der Waals surface area contributed by atoms with Crippen molar-refractivity contribution in [1.29, 1.82) is 0 Å². The van der Waals surface area contributed by atoms with Gasteiger partial charge < -0.3 is 5.32 Å². The van der Waals surface area contributed by atoms with Crippen molar-refractivity contribution >= 4 is 0 Å². The molecule has 1 atom stereocenters. The van der Waals surface area contributed by atoms with Crippen LogP contribution in [0.25, 0.3) is 5.69 Å². The highest BCUT2D eigenvalue weighted by Gasteiger charge is 2.08. The van der Waals surface area contributed by atoms with E-state index in [1.807, 2.05) is 29.1 Å². The molecular weight excluding hydrogens is 234 g/mol. The van der Waals surface area contributed by atoms with Crippen LogP contribution in [0.4, 0.5) is 0 Å². The van der Waals surface area contributed by atoms with Gasteiger partial charge in [-0.2, -0.15) is 5.10 Å². The first-order valence-electron chi connectivity index (χ1n) is 7.16. The highest BCUT2D eigenvalue weighted by Crippen LogP contribution is 2.13. The number of aryl methyl sites for hydroxylation is 1. The minimum atomic E-state index is 0.601. The third kappa shape index (κ3) is 3.67. The van der Waals surface area contributed by atoms with Gasteiger partial charge in [-0.1, -0.05) is 32.0 Å². The standard InChI is InChI=1S/C16H23N3/c1-3-14(17-4-2)10-11-16-12-13-18-19(16)15-8-6-5-7-9-15/h5-9,12-14,17H,3-4,10-11H2,1-2H3. The average molecular weight is 257 g/mol. The lowest BCUT2D eigenvalue weighted by atomic mass is 10.1. The summed E-state index contributed by atoms with van der Waals surface area (Å²) in [7, 11) is 0. The van der Waals surface area contributed by atoms with Crippen molar-refractivity contribution in [2.75, 3.05) is 6.54 Å². The Morgan fingerprint density at radius 2 is 1.95 bits per heavy atom. The molecular formula is C16H23N3. The number of benzene rings is 1. The Morgan fingerprint density at radius 3 is 2.63 bits per heavy atom. The van der Waals surface area contributed by atoms with Crippen LogP contribution in [0.2, 0.25) is 0 Å². The third-order valence-corrected chi connectivity index (χ3v) is 3.46. The molecule has 0 saturated carbocycles. The van der Waals surface area contributed by atoms with Crippen molar-refractivity contribution in [2.45, 2.75) is 39.2 Å². The van der Waals surface area contributed by atoms with Crippen LogP contribution in [-0.2, 0) is 6.42 Å². The van der Waals surface area contributed by atoms with Crippen LogP contribution in [0.15, 0.2) is 42.6 Å². The summed E-state index contributed by atoms with van der Waals surface area (Å²) in [6.45, 7) is 5.44. The van der Waals surface area contributed by atoms with E-state index in [9.17, 15) is 0 Å². The van der Waals surface area contributed by atoms with Crippen LogP contribution in [0, 0.1) is 0 Å². The Bertz CT molecular complexity index is 476. The van der Waals surface area contributed by atoms with Crippen molar-refractivity contribution < 1.29 is 0 Å². The van der Waals surface area contributed by atoms with E-state index in [4.69, 9.17) is 0 Å². The first-order valence-corrected chi connectivity index (χ1v) is 7.16. The average Bonchev–Trinajstić information content (AvgIpc) is 2.93. The zero-order valence-corrected chi connectivity index (χ0v) is 11.8. The maximum atomic E-state index is 4.43. The fourth-order valence-electron chi connectivity index (χ4n) is 2.38. The molecule has 1 aromatic heterocycles. The van der Waals surface area contributed by atoms with E-state index in [1.54, 1.807) is 0 Å². The predicted molar refractivity (Wildman–Crippen MR) is 79.6 cm³/mol. The fourth-order valence-corrected chi connectivity index (χ4v) is 2.38. The van der Waals surface area contributed by atoms with E-state index in [0.29, 0.717) is 6.04 Å². The lowest BCUT2D eigenvalue weighted by molar-refractivity contribution is 0.476. The van der Waals surface area contributed by atoms with Crippen molar-refractivity contribution in [3.8, 4) is 5.69 Å². The third-order valence-electron chi connectivity index (χ3n) is 3.46. The topological polar surface area (TPSA) is 29.9 Å². The molecule has 1 aromatic carbocycles. The Labute approximate surface area is 115 Å². The Hall–Kier alpha value is -1.61. The summed E-state index contributed by atoms with van der Waals surface area (Å²) in [5, 5.41) is 7.96. The first-order chi connectivity index (χ1) is 9.35. The molecule has 3 nitrogen and oxygen atoms in total. The Morgan fingerprint density at radius 1 is 1.16 bits per heavy atom. The fraction of sp³-hybridized carbons (Fsp3) is 0.438. The second-order valence-electron chi connectivity index (χ2n) is 4.77. The number of nitrogens with zero attached hydrogens (tertiary/aromatic N) is 2. The number of hydrogen-bond donors (Lipinski definition) is 1. The molecule has 0 spiro atoms. The summed E-state index contributed by atoms with van der Waals surface area (Å²) in [6.07, 6.45) is 5.27. The second-order valence-corrected chi connectivity index (χ2v) is 4.77. The van der Waals surface area contributed by atoms with Gasteiger partial charge in [-0.25, -0.2) is 4.68 Å². The second kappa shape index (κ2) is 7.10. The van der Waals surface area contributed by atoms with Crippen LogP contribution < -0.4 is 5.32 Å². The number of hydrogen-bond acceptors (Lipinski definition) is 2. The SMILES string of the molecule is CCNC(CC)CCc1ccnn1-c1ccccc1. The molecule has 3 heteroatoms. The molecule has 0 saturated heterocycles. The van der Waals surface area contributed by atoms with Crippen LogP contribution >= 0.6 is 0 Å². The molecule has 102 valence electrons. The minimum Gasteiger partial charge on any atom is -0.314 e. The number of para-hydroxylation sites is 1. The van der Waals surface area contributed by atoms with Gasteiger partial charge in [-0.05, 0) is 44.0 Å². The van der Waals surface area contributed by atoms with Gasteiger partial charge in [-0.15, -0.1) is 0 Å². The van der Waals surface area contributed by atoms with Gasteiger partial charge in [0.25, 0.3) is 0 Å². The van der Waals surface area contributed by atoms with Crippen molar-refractivity contribution in [2.24, 2.45) is 0 Å². The van der Waals surface area contributed by atoms with Crippen LogP contribution in [0.3, 0.4) is 0 Å². The predicted octanol–water partition coefficient (Wildman–Crippen LogP) is 3.19. The summed E-state index contributed by atoms with van der Waals surface area (Å²) in [6, 6.07) is 13.0. The van der Waals surface area contributed by atoms with Gasteiger partial charge in [0.2, 0.25) is 0 Å². The van der Waals surface area contributed by atoms with Crippen molar-refractivity contribution in [3.05, 3.63) is 48.3 Å². The molecule has 0 radical (unpaired) electrons. The van der Waals surface area contributed by atoms with E-state index >= 15 is 0 Å². The lowest BCUT2D eigenvalue weighted by Gasteiger charge is -2.16. The first kappa shape index (κ1) is 13.8. The minimum absolute atomic E-state index is 0.601. The summed E-state index contributed by atoms with van der Waals surface area (Å²) in [4.78, 5) is 0. The molecule has 0 aliphatic heterocycles. The number of aromatic nitrogens is 2. The van der Waals surface area contributed by atoms with Crippen molar-refractivity contribution in [3.63, 3.8) is 0 Å². The Balaban J connectivity index is 2.04. The zero-order chi connectivity index (χ0) is 13.5. The van der Waals surface area contributed by atoms with Gasteiger partial charge in [0.1, 0.15) is 0 Å². The molecule has 0 aliphatic carbocycles. The molecule has 1 unspecified atom stereocenters. The zero-order valence-electron chi connectivity index (χ0n) is 11.8. The van der Waals surface area contributed by atoms with E-state index in [0.717, 1.165) is 25.1 Å². The molecule has 2 rings (SSSR count). The highest BCUT2D eigenvalue weighted by atomic mass is 15.3. The maximum absolute atomic E-state index is 4.43. The van der Waals surface area contributed by atoms with E-state index in [-0.39, 0.29) is 0 Å². The van der Waals surface area contributed by atoms with Gasteiger partial charge in [0, 0.05) is 17.9 Å². The van der Waals surface area contributed by atoms with Crippen molar-refractivity contribution in [1.82, 2.24) is 15.1 Å². The lowest BCUT2D eigenvalue weighted by Crippen LogP contribution is -2.28. The van der Waals surface area contributed by atoms with Gasteiger partial charge in [0.15, 0.2) is 0 Å². The molecule has 0 amide bonds. The largest absolute Gasteiger partial charge is 0.314 e. The smallest absolute Gasteiger partial charge is 0.0648 e. The monoisotopic (exact) mass is 257 g/mol. The normalized spacial score (nSPS) is 12.5. The number of rotatable bonds is 7. The van der Waals surface area contributed by atoms with Gasteiger partial charge in [-0.3, -0.25) is 0 Å². The molecule has 19 heavy (non-hydrogen) atoms. The van der Waals surface area contributed by atoms with E-state index < -0.39 is 0 Å². The molecule has 1 heterocycles. The maximum Gasteiger partial charge on any atom is 0.0648 e. The number of nitrogens with one attached hydrogen (secondary N) is 1. The highest BCUT2D eigenvalue weighted by molar-refractivity contribution is 5.32. The quantitative estimate of drug-likeness (QED) is 0.825. The van der Waals surface area contributed by atoms with E-state index in [2.05, 4.69) is 42.5 Å². The molecule has 0 aliphatic rings. The van der Waals surface area contributed by atoms with Crippen LogP contribution in [0.5, 0.6) is 0 Å². The molecule has 0 bridgehead atoms.